The van der Waals surface area contributed by atoms with Gasteiger partial charge >= 0.3 is 0 Å². The zero-order chi connectivity index (χ0) is 6.85. The Hall–Kier alpha value is -0.0600. The summed E-state index contributed by atoms with van der Waals surface area (Å²) < 4.78 is 0.892. The van der Waals surface area contributed by atoms with Crippen molar-refractivity contribution in [3.63, 3.8) is 0 Å². The first kappa shape index (κ1) is 7.05. The van der Waals surface area contributed by atoms with Gasteiger partial charge in [-0.15, -0.1) is 0 Å². The Morgan fingerprint density at radius 1 is 1.78 bits per heavy atom. The molecule has 0 aromatic heterocycles. The molecule has 0 saturated carbocycles. The molecule has 0 fully saturated rings. The third-order valence-corrected chi connectivity index (χ3v) is 1.79. The fourth-order valence-electron chi connectivity index (χ4n) is 0.497. The largest absolute Gasteiger partial charge is 0.319 e. The SMILES string of the molecule is NC1C=C(Br)C=NC1=S. The zero-order valence-corrected chi connectivity index (χ0v) is 6.95. The third-order valence-electron chi connectivity index (χ3n) is 0.939. The number of hydrogen-bond donors (Lipinski definition) is 1. The highest BCUT2D eigenvalue weighted by molar-refractivity contribution is 9.12. The summed E-state index contributed by atoms with van der Waals surface area (Å²) >= 11 is 8.02. The van der Waals surface area contributed by atoms with E-state index < -0.39 is 0 Å². The molecule has 4 heteroatoms. The van der Waals surface area contributed by atoms with Crippen LogP contribution in [0.5, 0.6) is 0 Å². The van der Waals surface area contributed by atoms with E-state index in [1.165, 1.54) is 0 Å². The van der Waals surface area contributed by atoms with Crippen LogP contribution in [0.25, 0.3) is 0 Å². The lowest BCUT2D eigenvalue weighted by atomic mass is 10.2. The minimum Gasteiger partial charge on any atom is -0.319 e. The lowest BCUT2D eigenvalue weighted by Gasteiger charge is -2.07. The van der Waals surface area contributed by atoms with Gasteiger partial charge in [0.2, 0.25) is 0 Å². The molecule has 0 saturated heterocycles. The highest BCUT2D eigenvalue weighted by Crippen LogP contribution is 2.08. The maximum absolute atomic E-state index is 5.51. The van der Waals surface area contributed by atoms with Crippen molar-refractivity contribution in [2.24, 2.45) is 10.7 Å². The Kier molecular flexibility index (Phi) is 2.10. The molecule has 0 spiro atoms. The fraction of sp³-hybridized carbons (Fsp3) is 0.200. The second kappa shape index (κ2) is 2.68. The number of halogens is 1. The molecule has 0 radical (unpaired) electrons. The molecular formula is C5H5BrN2S. The van der Waals surface area contributed by atoms with Crippen molar-refractivity contribution in [2.75, 3.05) is 0 Å². The van der Waals surface area contributed by atoms with Gasteiger partial charge in [0.25, 0.3) is 0 Å². The second-order valence-electron chi connectivity index (χ2n) is 1.67. The number of aliphatic imine (C=N–C) groups is 1. The Morgan fingerprint density at radius 2 is 2.44 bits per heavy atom. The van der Waals surface area contributed by atoms with Gasteiger partial charge in [-0.05, 0) is 22.0 Å². The maximum Gasteiger partial charge on any atom is 0.124 e. The molecule has 0 aliphatic carbocycles. The first-order valence-corrected chi connectivity index (χ1v) is 3.61. The molecule has 0 aromatic carbocycles. The third kappa shape index (κ3) is 1.67. The molecule has 0 amide bonds. The summed E-state index contributed by atoms with van der Waals surface area (Å²) in [7, 11) is 0. The highest BCUT2D eigenvalue weighted by Gasteiger charge is 2.08. The fourth-order valence-corrected chi connectivity index (χ4v) is 1.01. The monoisotopic (exact) mass is 204 g/mol. The molecule has 1 unspecified atom stereocenters. The maximum atomic E-state index is 5.51. The topological polar surface area (TPSA) is 38.4 Å². The summed E-state index contributed by atoms with van der Waals surface area (Å²) in [4.78, 5) is 4.40. The van der Waals surface area contributed by atoms with Gasteiger partial charge in [-0.3, -0.25) is 0 Å². The van der Waals surface area contributed by atoms with Gasteiger partial charge in [0.05, 0.1) is 6.04 Å². The lowest BCUT2D eigenvalue weighted by Crippen LogP contribution is -2.27. The van der Waals surface area contributed by atoms with Gasteiger partial charge in [0, 0.05) is 10.7 Å². The number of allylic oxidation sites excluding steroid dienone is 1. The van der Waals surface area contributed by atoms with Gasteiger partial charge in [-0.1, -0.05) is 12.2 Å². The first-order chi connectivity index (χ1) is 4.20. The van der Waals surface area contributed by atoms with Gasteiger partial charge in [-0.25, -0.2) is 4.99 Å². The van der Waals surface area contributed by atoms with E-state index in [9.17, 15) is 0 Å². The van der Waals surface area contributed by atoms with Crippen LogP contribution in [0.4, 0.5) is 0 Å². The molecule has 9 heavy (non-hydrogen) atoms. The van der Waals surface area contributed by atoms with E-state index in [4.69, 9.17) is 18.0 Å². The molecule has 0 aromatic rings. The van der Waals surface area contributed by atoms with Crippen LogP contribution in [0, 0.1) is 0 Å². The van der Waals surface area contributed by atoms with Crippen molar-refractivity contribution < 1.29 is 0 Å². The zero-order valence-electron chi connectivity index (χ0n) is 4.54. The standard InChI is InChI=1S/C5H5BrN2S/c6-3-1-4(7)5(9)8-2-3/h1-2,4H,7H2. The Morgan fingerprint density at radius 3 is 2.89 bits per heavy atom. The number of thiocarbonyl (C=S) groups is 1. The van der Waals surface area contributed by atoms with Crippen LogP contribution in [0.15, 0.2) is 15.6 Å². The normalized spacial score (nSPS) is 26.2. The van der Waals surface area contributed by atoms with Crippen LogP contribution in [-0.2, 0) is 0 Å². The molecule has 0 bridgehead atoms. The summed E-state index contributed by atoms with van der Waals surface area (Å²) in [6, 6.07) is -0.195. The Bertz CT molecular complexity index is 197. The summed E-state index contributed by atoms with van der Waals surface area (Å²) in [6.45, 7) is 0. The van der Waals surface area contributed by atoms with Crippen molar-refractivity contribution in [1.29, 1.82) is 0 Å². The summed E-state index contributed by atoms with van der Waals surface area (Å²) in [5.41, 5.74) is 5.51. The van der Waals surface area contributed by atoms with Crippen LogP contribution in [-0.4, -0.2) is 17.2 Å². The summed E-state index contributed by atoms with van der Waals surface area (Å²) in [5.74, 6) is 0. The van der Waals surface area contributed by atoms with E-state index in [1.54, 1.807) is 6.21 Å². The number of nitrogens with two attached hydrogens (primary N) is 1. The molecule has 2 N–H and O–H groups in total. The minimum atomic E-state index is -0.195. The highest BCUT2D eigenvalue weighted by atomic mass is 79.9. The van der Waals surface area contributed by atoms with E-state index >= 15 is 0 Å². The van der Waals surface area contributed by atoms with E-state index in [1.807, 2.05) is 6.08 Å². The molecule has 1 aliphatic rings. The van der Waals surface area contributed by atoms with Crippen molar-refractivity contribution >= 4 is 39.4 Å². The molecule has 48 valence electrons. The molecule has 1 heterocycles. The average molecular weight is 205 g/mol. The van der Waals surface area contributed by atoms with Gasteiger partial charge in [0.1, 0.15) is 4.99 Å². The molecule has 1 rings (SSSR count). The predicted molar refractivity (Wildman–Crippen MR) is 46.1 cm³/mol. The minimum absolute atomic E-state index is 0.195. The van der Waals surface area contributed by atoms with Gasteiger partial charge < -0.3 is 5.73 Å². The smallest absolute Gasteiger partial charge is 0.124 e. The van der Waals surface area contributed by atoms with Crippen molar-refractivity contribution in [3.05, 3.63) is 10.6 Å². The Balaban J connectivity index is 2.82. The lowest BCUT2D eigenvalue weighted by molar-refractivity contribution is 1.08. The van der Waals surface area contributed by atoms with E-state index in [2.05, 4.69) is 20.9 Å². The first-order valence-electron chi connectivity index (χ1n) is 2.41. The molecule has 1 atom stereocenters. The van der Waals surface area contributed by atoms with Crippen LogP contribution in [0.3, 0.4) is 0 Å². The van der Waals surface area contributed by atoms with Crippen LogP contribution >= 0.6 is 28.1 Å². The number of dihydropyridines is 1. The van der Waals surface area contributed by atoms with Gasteiger partial charge in [-0.2, -0.15) is 0 Å². The molecule has 2 nitrogen and oxygen atoms in total. The molecule has 1 aliphatic heterocycles. The average Bonchev–Trinajstić information content (AvgIpc) is 1.80. The van der Waals surface area contributed by atoms with Crippen molar-refractivity contribution in [2.45, 2.75) is 6.04 Å². The number of hydrogen-bond acceptors (Lipinski definition) is 2. The second-order valence-corrected chi connectivity index (χ2v) is 3.01. The molecular weight excluding hydrogens is 200 g/mol. The number of rotatable bonds is 0. The van der Waals surface area contributed by atoms with Gasteiger partial charge in [0.15, 0.2) is 0 Å². The van der Waals surface area contributed by atoms with Crippen LogP contribution in [0.1, 0.15) is 0 Å². The van der Waals surface area contributed by atoms with E-state index in [0.29, 0.717) is 4.99 Å². The predicted octanol–water partition coefficient (Wildman–Crippen LogP) is 1.00. The van der Waals surface area contributed by atoms with E-state index in [-0.39, 0.29) is 6.04 Å². The van der Waals surface area contributed by atoms with Crippen molar-refractivity contribution in [3.8, 4) is 0 Å². The van der Waals surface area contributed by atoms with Crippen LogP contribution in [0.2, 0.25) is 0 Å². The van der Waals surface area contributed by atoms with E-state index in [0.717, 1.165) is 4.48 Å². The summed E-state index contributed by atoms with van der Waals surface area (Å²) in [6.07, 6.45) is 3.46. The summed E-state index contributed by atoms with van der Waals surface area (Å²) in [5, 5.41) is 0. The van der Waals surface area contributed by atoms with Crippen LogP contribution < -0.4 is 5.73 Å². The number of nitrogens with zero attached hydrogens (tertiary/aromatic N) is 1. The Labute approximate surface area is 67.0 Å². The quantitative estimate of drug-likeness (QED) is 0.599. The van der Waals surface area contributed by atoms with Crippen molar-refractivity contribution in [1.82, 2.24) is 0 Å².